The molecular weight excluding hydrogens is 222 g/mol. The molecule has 94 valence electrons. The van der Waals surface area contributed by atoms with E-state index in [-0.39, 0.29) is 0 Å². The smallest absolute Gasteiger partial charge is 0.115 e. The zero-order valence-corrected chi connectivity index (χ0v) is 10.7. The normalized spacial score (nSPS) is 10.3. The van der Waals surface area contributed by atoms with E-state index in [4.69, 9.17) is 0 Å². The van der Waals surface area contributed by atoms with Crippen LogP contribution in [0.5, 0.6) is 5.75 Å². The molecule has 0 aliphatic rings. The van der Waals surface area contributed by atoms with E-state index in [9.17, 15) is 5.11 Å². The number of hydrogen-bond acceptors (Lipinski definition) is 2. The van der Waals surface area contributed by atoms with Crippen LogP contribution in [0.2, 0.25) is 0 Å². The fourth-order valence-electron chi connectivity index (χ4n) is 2.05. The molecule has 0 fully saturated rings. The Morgan fingerprint density at radius 1 is 1.06 bits per heavy atom. The van der Waals surface area contributed by atoms with Crippen LogP contribution >= 0.6 is 0 Å². The largest absolute Gasteiger partial charge is 0.508 e. The average Bonchev–Trinajstić information content (AvgIpc) is 2.39. The van der Waals surface area contributed by atoms with E-state index >= 15 is 0 Å². The van der Waals surface area contributed by atoms with Crippen molar-refractivity contribution in [1.82, 2.24) is 0 Å². The van der Waals surface area contributed by atoms with Gasteiger partial charge in [0.1, 0.15) is 5.75 Å². The van der Waals surface area contributed by atoms with Gasteiger partial charge in [0.2, 0.25) is 0 Å². The van der Waals surface area contributed by atoms with E-state index < -0.39 is 0 Å². The molecule has 0 aromatic heterocycles. The summed E-state index contributed by atoms with van der Waals surface area (Å²) in [5.74, 6) is 0.335. The lowest BCUT2D eigenvalue weighted by atomic mass is 10.1. The number of para-hydroxylation sites is 1. The molecule has 0 aliphatic carbocycles. The lowest BCUT2D eigenvalue weighted by Gasteiger charge is -2.10. The van der Waals surface area contributed by atoms with Crippen molar-refractivity contribution >= 4 is 5.69 Å². The zero-order chi connectivity index (χ0) is 12.8. The predicted molar refractivity (Wildman–Crippen MR) is 76.1 cm³/mol. The molecule has 2 N–H and O–H groups in total. The standard InChI is InChI=1S/C16H19NO/c1-2-14-7-3-4-9-16(14)17-11-10-13-6-5-8-15(18)12-13/h3-9,12,17-18H,2,10-11H2,1H3. The number of rotatable bonds is 5. The fraction of sp³-hybridized carbons (Fsp3) is 0.250. The van der Waals surface area contributed by atoms with Crippen LogP contribution in [0, 0.1) is 0 Å². The highest BCUT2D eigenvalue weighted by atomic mass is 16.3. The molecule has 2 rings (SSSR count). The second kappa shape index (κ2) is 6.10. The highest BCUT2D eigenvalue weighted by Crippen LogP contribution is 2.16. The lowest BCUT2D eigenvalue weighted by molar-refractivity contribution is 0.474. The van der Waals surface area contributed by atoms with Gasteiger partial charge in [0, 0.05) is 12.2 Å². The topological polar surface area (TPSA) is 32.3 Å². The molecule has 2 aromatic carbocycles. The summed E-state index contributed by atoms with van der Waals surface area (Å²) in [7, 11) is 0. The Labute approximate surface area is 108 Å². The molecule has 0 bridgehead atoms. The van der Waals surface area contributed by atoms with E-state index in [1.165, 1.54) is 11.3 Å². The first kappa shape index (κ1) is 12.5. The third-order valence-electron chi connectivity index (χ3n) is 3.04. The van der Waals surface area contributed by atoms with Gasteiger partial charge in [-0.25, -0.2) is 0 Å². The van der Waals surface area contributed by atoms with Gasteiger partial charge in [0.15, 0.2) is 0 Å². The van der Waals surface area contributed by atoms with Gasteiger partial charge in [0.25, 0.3) is 0 Å². The molecule has 2 aromatic rings. The highest BCUT2D eigenvalue weighted by molar-refractivity contribution is 5.51. The summed E-state index contributed by atoms with van der Waals surface area (Å²) in [6.07, 6.45) is 1.95. The Bertz CT molecular complexity index is 508. The van der Waals surface area contributed by atoms with E-state index in [0.29, 0.717) is 5.75 Å². The number of anilines is 1. The van der Waals surface area contributed by atoms with Crippen molar-refractivity contribution in [2.75, 3.05) is 11.9 Å². The molecular formula is C16H19NO. The second-order valence-electron chi connectivity index (χ2n) is 4.36. The van der Waals surface area contributed by atoms with Crippen LogP contribution in [0.1, 0.15) is 18.1 Å². The number of phenolic OH excluding ortho intramolecular Hbond substituents is 1. The third-order valence-corrected chi connectivity index (χ3v) is 3.04. The van der Waals surface area contributed by atoms with Crippen LogP contribution in [0.4, 0.5) is 5.69 Å². The van der Waals surface area contributed by atoms with Crippen molar-refractivity contribution < 1.29 is 5.11 Å². The molecule has 0 aliphatic heterocycles. The maximum atomic E-state index is 9.39. The Morgan fingerprint density at radius 2 is 1.89 bits per heavy atom. The second-order valence-corrected chi connectivity index (χ2v) is 4.36. The van der Waals surface area contributed by atoms with Gasteiger partial charge in [-0.3, -0.25) is 0 Å². The number of phenols is 1. The van der Waals surface area contributed by atoms with Gasteiger partial charge in [0.05, 0.1) is 0 Å². The Kier molecular flexibility index (Phi) is 4.24. The molecule has 0 saturated heterocycles. The summed E-state index contributed by atoms with van der Waals surface area (Å²) >= 11 is 0. The van der Waals surface area contributed by atoms with Gasteiger partial charge in [-0.2, -0.15) is 0 Å². The molecule has 2 heteroatoms. The Morgan fingerprint density at radius 3 is 2.67 bits per heavy atom. The average molecular weight is 241 g/mol. The van der Waals surface area contributed by atoms with Gasteiger partial charge in [-0.05, 0) is 42.2 Å². The number of hydrogen-bond donors (Lipinski definition) is 2. The molecule has 18 heavy (non-hydrogen) atoms. The van der Waals surface area contributed by atoms with Crippen molar-refractivity contribution in [2.24, 2.45) is 0 Å². The van der Waals surface area contributed by atoms with Gasteiger partial charge in [-0.1, -0.05) is 37.3 Å². The van der Waals surface area contributed by atoms with Gasteiger partial charge >= 0.3 is 0 Å². The summed E-state index contributed by atoms with van der Waals surface area (Å²) in [4.78, 5) is 0. The van der Waals surface area contributed by atoms with Gasteiger partial charge in [-0.15, -0.1) is 0 Å². The first-order valence-electron chi connectivity index (χ1n) is 6.39. The van der Waals surface area contributed by atoms with Crippen LogP contribution in [-0.4, -0.2) is 11.7 Å². The van der Waals surface area contributed by atoms with Crippen LogP contribution in [0.15, 0.2) is 48.5 Å². The molecule has 0 atom stereocenters. The maximum Gasteiger partial charge on any atom is 0.115 e. The van der Waals surface area contributed by atoms with Crippen LogP contribution < -0.4 is 5.32 Å². The van der Waals surface area contributed by atoms with Crippen molar-refractivity contribution in [3.8, 4) is 5.75 Å². The summed E-state index contributed by atoms with van der Waals surface area (Å²) in [6, 6.07) is 15.8. The first-order valence-corrected chi connectivity index (χ1v) is 6.39. The third kappa shape index (κ3) is 3.27. The fourth-order valence-corrected chi connectivity index (χ4v) is 2.05. The monoisotopic (exact) mass is 241 g/mol. The SMILES string of the molecule is CCc1ccccc1NCCc1cccc(O)c1. The number of aromatic hydroxyl groups is 1. The quantitative estimate of drug-likeness (QED) is 0.838. The number of aryl methyl sites for hydroxylation is 1. The first-order chi connectivity index (χ1) is 8.79. The molecule has 0 heterocycles. The molecule has 2 nitrogen and oxygen atoms in total. The summed E-state index contributed by atoms with van der Waals surface area (Å²) < 4.78 is 0. The Hall–Kier alpha value is -1.96. The summed E-state index contributed by atoms with van der Waals surface area (Å²) in [5, 5.41) is 12.8. The minimum Gasteiger partial charge on any atom is -0.508 e. The van der Waals surface area contributed by atoms with E-state index in [0.717, 1.165) is 24.9 Å². The number of nitrogens with one attached hydrogen (secondary N) is 1. The van der Waals surface area contributed by atoms with Crippen LogP contribution in [0.3, 0.4) is 0 Å². The van der Waals surface area contributed by atoms with Gasteiger partial charge < -0.3 is 10.4 Å². The molecule has 0 radical (unpaired) electrons. The maximum absolute atomic E-state index is 9.39. The Balaban J connectivity index is 1.92. The highest BCUT2D eigenvalue weighted by Gasteiger charge is 1.99. The minimum atomic E-state index is 0.335. The van der Waals surface area contributed by atoms with E-state index in [2.05, 4.69) is 36.5 Å². The molecule has 0 amide bonds. The summed E-state index contributed by atoms with van der Waals surface area (Å²) in [5.41, 5.74) is 3.70. The van der Waals surface area contributed by atoms with E-state index in [1.807, 2.05) is 18.2 Å². The minimum absolute atomic E-state index is 0.335. The van der Waals surface area contributed by atoms with Crippen molar-refractivity contribution in [3.63, 3.8) is 0 Å². The predicted octanol–water partition coefficient (Wildman–Crippen LogP) is 3.61. The van der Waals surface area contributed by atoms with Crippen LogP contribution in [0.25, 0.3) is 0 Å². The zero-order valence-electron chi connectivity index (χ0n) is 10.7. The summed E-state index contributed by atoms with van der Waals surface area (Å²) in [6.45, 7) is 3.04. The molecule has 0 spiro atoms. The van der Waals surface area contributed by atoms with Crippen molar-refractivity contribution in [2.45, 2.75) is 19.8 Å². The van der Waals surface area contributed by atoms with E-state index in [1.54, 1.807) is 6.07 Å². The molecule has 0 saturated carbocycles. The van der Waals surface area contributed by atoms with Crippen molar-refractivity contribution in [3.05, 3.63) is 59.7 Å². The number of benzene rings is 2. The molecule has 0 unspecified atom stereocenters. The van der Waals surface area contributed by atoms with Crippen molar-refractivity contribution in [1.29, 1.82) is 0 Å². The van der Waals surface area contributed by atoms with Crippen LogP contribution in [-0.2, 0) is 12.8 Å². The lowest BCUT2D eigenvalue weighted by Crippen LogP contribution is -2.06.